The maximum Gasteiger partial charge on any atom is 0.311 e. The summed E-state index contributed by atoms with van der Waals surface area (Å²) in [7, 11) is 0. The smallest absolute Gasteiger partial charge is 0.311 e. The number of unbranched alkanes of at least 4 members (excludes halogenated alkanes) is 10. The van der Waals surface area contributed by atoms with Crippen molar-refractivity contribution in [3.8, 4) is 0 Å². The highest BCUT2D eigenvalue weighted by Gasteiger charge is 2.28. The molecule has 0 radical (unpaired) electrons. The molecule has 178 valence electrons. The molecule has 0 fully saturated rings. The van der Waals surface area contributed by atoms with E-state index in [0.29, 0.717) is 31.5 Å². The second-order valence-corrected chi connectivity index (χ2v) is 10.3. The normalized spacial score (nSPS) is 11.9. The Kier molecular flexibility index (Phi) is 17.0. The molecular weight excluding hydrogens is 376 g/mol. The molecule has 4 heteroatoms. The molecule has 0 unspecified atom stereocenters. The third-order valence-electron chi connectivity index (χ3n) is 5.36. The molecule has 0 heterocycles. The van der Waals surface area contributed by atoms with E-state index < -0.39 is 0 Å². The van der Waals surface area contributed by atoms with E-state index in [4.69, 9.17) is 9.47 Å². The summed E-state index contributed by atoms with van der Waals surface area (Å²) in [6.07, 6.45) is 14.8. The van der Waals surface area contributed by atoms with Crippen LogP contribution in [0.2, 0.25) is 0 Å². The van der Waals surface area contributed by atoms with Crippen LogP contribution >= 0.6 is 0 Å². The van der Waals surface area contributed by atoms with Gasteiger partial charge in [-0.25, -0.2) is 0 Å². The van der Waals surface area contributed by atoms with Crippen molar-refractivity contribution in [2.75, 3.05) is 13.2 Å². The van der Waals surface area contributed by atoms with E-state index in [2.05, 4.69) is 27.7 Å². The average Bonchev–Trinajstić information content (AvgIpc) is 2.67. The second-order valence-electron chi connectivity index (χ2n) is 10.3. The highest BCUT2D eigenvalue weighted by atomic mass is 16.5. The lowest BCUT2D eigenvalue weighted by atomic mass is 9.87. The molecule has 0 bridgehead atoms. The van der Waals surface area contributed by atoms with Gasteiger partial charge in [0.15, 0.2) is 0 Å². The predicted octanol–water partition coefficient (Wildman–Crippen LogP) is 7.48. The van der Waals surface area contributed by atoms with E-state index in [1.807, 2.05) is 13.8 Å². The first-order chi connectivity index (χ1) is 14.1. The summed E-state index contributed by atoms with van der Waals surface area (Å²) in [6.45, 7) is 13.3. The number of carbonyl (C=O) groups excluding carboxylic acids is 2. The van der Waals surface area contributed by atoms with Gasteiger partial charge in [-0.15, -0.1) is 0 Å². The van der Waals surface area contributed by atoms with Crippen molar-refractivity contribution in [3.63, 3.8) is 0 Å². The molecule has 0 aliphatic heterocycles. The lowest BCUT2D eigenvalue weighted by molar-refractivity contribution is -0.155. The number of hydrogen-bond acceptors (Lipinski definition) is 4. The van der Waals surface area contributed by atoms with Crippen molar-refractivity contribution in [2.24, 2.45) is 17.3 Å². The van der Waals surface area contributed by atoms with Crippen LogP contribution in [-0.2, 0) is 19.1 Å². The Balaban J connectivity index is 3.44. The Morgan fingerprint density at radius 3 is 1.50 bits per heavy atom. The maximum absolute atomic E-state index is 12.1. The van der Waals surface area contributed by atoms with E-state index >= 15 is 0 Å². The van der Waals surface area contributed by atoms with Crippen LogP contribution in [0.4, 0.5) is 0 Å². The first-order valence-corrected chi connectivity index (χ1v) is 12.5. The van der Waals surface area contributed by atoms with Crippen LogP contribution in [0, 0.1) is 17.3 Å². The zero-order valence-corrected chi connectivity index (χ0v) is 20.9. The summed E-state index contributed by atoms with van der Waals surface area (Å²) in [4.78, 5) is 23.7. The highest BCUT2D eigenvalue weighted by molar-refractivity contribution is 5.75. The molecule has 0 spiro atoms. The van der Waals surface area contributed by atoms with Gasteiger partial charge in [0.2, 0.25) is 0 Å². The fourth-order valence-corrected chi connectivity index (χ4v) is 3.30. The Hall–Kier alpha value is -1.06. The molecule has 0 saturated carbocycles. The highest BCUT2D eigenvalue weighted by Crippen LogP contribution is 2.26. The van der Waals surface area contributed by atoms with Crippen LogP contribution in [0.5, 0.6) is 0 Å². The molecule has 4 nitrogen and oxygen atoms in total. The van der Waals surface area contributed by atoms with E-state index in [0.717, 1.165) is 25.7 Å². The van der Waals surface area contributed by atoms with Crippen molar-refractivity contribution in [1.82, 2.24) is 0 Å². The lowest BCUT2D eigenvalue weighted by Gasteiger charge is -2.23. The van der Waals surface area contributed by atoms with Gasteiger partial charge in [-0.1, -0.05) is 91.9 Å². The van der Waals surface area contributed by atoms with Crippen molar-refractivity contribution in [3.05, 3.63) is 0 Å². The van der Waals surface area contributed by atoms with Crippen molar-refractivity contribution in [1.29, 1.82) is 0 Å². The van der Waals surface area contributed by atoms with Gasteiger partial charge in [-0.05, 0) is 38.5 Å². The Morgan fingerprint density at radius 2 is 1.03 bits per heavy atom. The lowest BCUT2D eigenvalue weighted by Crippen LogP contribution is -2.27. The van der Waals surface area contributed by atoms with Gasteiger partial charge in [-0.3, -0.25) is 9.59 Å². The number of ether oxygens (including phenoxy) is 2. The standard InChI is InChI=1S/C26H50O4/c1-22(2)20-29-24(27)18-16-14-12-10-8-7-9-11-13-15-17-19-26(5,6)25(28)30-21-23(3)4/h22-23H,7-21H2,1-6H3. The summed E-state index contributed by atoms with van der Waals surface area (Å²) >= 11 is 0. The van der Waals surface area contributed by atoms with E-state index in [9.17, 15) is 9.59 Å². The van der Waals surface area contributed by atoms with Crippen LogP contribution < -0.4 is 0 Å². The van der Waals surface area contributed by atoms with E-state index in [1.165, 1.54) is 51.4 Å². The number of rotatable bonds is 19. The van der Waals surface area contributed by atoms with Gasteiger partial charge >= 0.3 is 11.9 Å². The first kappa shape index (κ1) is 28.9. The molecule has 0 rings (SSSR count). The fraction of sp³-hybridized carbons (Fsp3) is 0.923. The number of esters is 2. The zero-order valence-electron chi connectivity index (χ0n) is 20.9. The van der Waals surface area contributed by atoms with Gasteiger partial charge in [0, 0.05) is 6.42 Å². The molecule has 0 aromatic carbocycles. The quantitative estimate of drug-likeness (QED) is 0.159. The molecule has 30 heavy (non-hydrogen) atoms. The van der Waals surface area contributed by atoms with Gasteiger partial charge in [0.25, 0.3) is 0 Å². The Morgan fingerprint density at radius 1 is 0.633 bits per heavy atom. The van der Waals surface area contributed by atoms with E-state index in [-0.39, 0.29) is 17.4 Å². The van der Waals surface area contributed by atoms with Crippen LogP contribution in [0.25, 0.3) is 0 Å². The van der Waals surface area contributed by atoms with Gasteiger partial charge < -0.3 is 9.47 Å². The minimum atomic E-state index is -0.361. The average molecular weight is 427 g/mol. The number of hydrogen-bond donors (Lipinski definition) is 0. The molecule has 0 aromatic heterocycles. The largest absolute Gasteiger partial charge is 0.465 e. The second kappa shape index (κ2) is 17.6. The summed E-state index contributed by atoms with van der Waals surface area (Å²) in [5, 5.41) is 0. The SMILES string of the molecule is CC(C)COC(=O)CCCCCCCCCCCCCC(C)(C)C(=O)OCC(C)C. The summed E-state index contributed by atoms with van der Waals surface area (Å²) in [5.74, 6) is 0.713. The Labute approximate surface area is 186 Å². The summed E-state index contributed by atoms with van der Waals surface area (Å²) < 4.78 is 10.6. The van der Waals surface area contributed by atoms with Crippen molar-refractivity contribution in [2.45, 2.75) is 125 Å². The number of carbonyl (C=O) groups is 2. The van der Waals surface area contributed by atoms with Crippen LogP contribution in [0.1, 0.15) is 125 Å². The van der Waals surface area contributed by atoms with E-state index in [1.54, 1.807) is 0 Å². The predicted molar refractivity (Wildman–Crippen MR) is 125 cm³/mol. The topological polar surface area (TPSA) is 52.6 Å². The minimum Gasteiger partial charge on any atom is -0.465 e. The van der Waals surface area contributed by atoms with Crippen LogP contribution in [0.15, 0.2) is 0 Å². The summed E-state index contributed by atoms with van der Waals surface area (Å²) in [5.41, 5.74) is -0.361. The van der Waals surface area contributed by atoms with Crippen LogP contribution in [-0.4, -0.2) is 25.2 Å². The third-order valence-corrected chi connectivity index (χ3v) is 5.36. The monoisotopic (exact) mass is 426 g/mol. The molecule has 0 atom stereocenters. The van der Waals surface area contributed by atoms with Gasteiger partial charge in [0.1, 0.15) is 0 Å². The maximum atomic E-state index is 12.1. The van der Waals surface area contributed by atoms with Crippen LogP contribution in [0.3, 0.4) is 0 Å². The van der Waals surface area contributed by atoms with Gasteiger partial charge in [0.05, 0.1) is 18.6 Å². The Bertz CT molecular complexity index is 440. The molecule has 0 aliphatic rings. The van der Waals surface area contributed by atoms with Crippen molar-refractivity contribution < 1.29 is 19.1 Å². The first-order valence-electron chi connectivity index (χ1n) is 12.5. The molecule has 0 saturated heterocycles. The molecule has 0 amide bonds. The fourth-order valence-electron chi connectivity index (χ4n) is 3.30. The zero-order chi connectivity index (χ0) is 22.8. The molecular formula is C26H50O4. The third kappa shape index (κ3) is 17.8. The molecule has 0 aromatic rings. The molecule has 0 aliphatic carbocycles. The van der Waals surface area contributed by atoms with Gasteiger partial charge in [-0.2, -0.15) is 0 Å². The minimum absolute atomic E-state index is 0.0421. The summed E-state index contributed by atoms with van der Waals surface area (Å²) in [6, 6.07) is 0. The molecule has 0 N–H and O–H groups in total. The van der Waals surface area contributed by atoms with Crippen molar-refractivity contribution >= 4 is 11.9 Å².